The van der Waals surface area contributed by atoms with Crippen LogP contribution in [0.1, 0.15) is 31.1 Å². The molecule has 0 aliphatic heterocycles. The zero-order valence-corrected chi connectivity index (χ0v) is 12.9. The third kappa shape index (κ3) is 4.15. The average molecular weight is 297 g/mol. The first-order chi connectivity index (χ1) is 10.5. The second kappa shape index (κ2) is 6.85. The maximum absolute atomic E-state index is 11.9. The van der Waals surface area contributed by atoms with Crippen LogP contribution in [-0.4, -0.2) is 22.8 Å². The number of hydrogen-bond acceptors (Lipinski definition) is 3. The molecular formula is C17H19N3O2. The lowest BCUT2D eigenvalue weighted by Crippen LogP contribution is -2.30. The fourth-order valence-corrected chi connectivity index (χ4v) is 1.97. The van der Waals surface area contributed by atoms with Crippen LogP contribution in [-0.2, 0) is 4.79 Å². The van der Waals surface area contributed by atoms with E-state index >= 15 is 0 Å². The Hall–Kier alpha value is -2.69. The van der Waals surface area contributed by atoms with Crippen LogP contribution < -0.4 is 10.6 Å². The van der Waals surface area contributed by atoms with E-state index < -0.39 is 0 Å². The standard InChI is InChI=1S/C17H19N3O2/c1-11(2)19-17(22)14-6-9-16(18-10-14)13-4-7-15(8-5-13)20-12(3)21/h4-11H,1-3H3,(H,19,22)(H,20,21). The van der Waals surface area contributed by atoms with Gasteiger partial charge < -0.3 is 10.6 Å². The molecule has 0 saturated heterocycles. The van der Waals surface area contributed by atoms with Crippen molar-refractivity contribution in [2.24, 2.45) is 0 Å². The third-order valence-corrected chi connectivity index (χ3v) is 2.95. The van der Waals surface area contributed by atoms with Crippen LogP contribution in [0, 0.1) is 0 Å². The predicted molar refractivity (Wildman–Crippen MR) is 86.6 cm³/mol. The smallest absolute Gasteiger partial charge is 0.253 e. The van der Waals surface area contributed by atoms with Crippen molar-refractivity contribution in [2.45, 2.75) is 26.8 Å². The Balaban J connectivity index is 2.13. The molecule has 5 heteroatoms. The van der Waals surface area contributed by atoms with E-state index in [-0.39, 0.29) is 17.9 Å². The topological polar surface area (TPSA) is 71.1 Å². The maximum atomic E-state index is 11.9. The number of rotatable bonds is 4. The van der Waals surface area contributed by atoms with Crippen LogP contribution in [0.25, 0.3) is 11.3 Å². The van der Waals surface area contributed by atoms with E-state index in [1.54, 1.807) is 12.3 Å². The number of anilines is 1. The van der Waals surface area contributed by atoms with Gasteiger partial charge in [0.05, 0.1) is 11.3 Å². The molecule has 2 rings (SSSR count). The van der Waals surface area contributed by atoms with Gasteiger partial charge in [0.1, 0.15) is 0 Å². The molecule has 1 heterocycles. The Bertz CT molecular complexity index is 661. The molecule has 1 aromatic carbocycles. The number of amides is 2. The van der Waals surface area contributed by atoms with Crippen molar-refractivity contribution in [3.05, 3.63) is 48.2 Å². The number of hydrogen-bond donors (Lipinski definition) is 2. The molecule has 2 amide bonds. The highest BCUT2D eigenvalue weighted by atomic mass is 16.2. The number of nitrogens with zero attached hydrogens (tertiary/aromatic N) is 1. The van der Waals surface area contributed by atoms with Gasteiger partial charge >= 0.3 is 0 Å². The van der Waals surface area contributed by atoms with Gasteiger partial charge in [0.2, 0.25) is 5.91 Å². The predicted octanol–water partition coefficient (Wildman–Crippen LogP) is 2.85. The van der Waals surface area contributed by atoms with Gasteiger partial charge in [-0.25, -0.2) is 0 Å². The van der Waals surface area contributed by atoms with Crippen LogP contribution >= 0.6 is 0 Å². The molecule has 22 heavy (non-hydrogen) atoms. The van der Waals surface area contributed by atoms with Crippen LogP contribution in [0.4, 0.5) is 5.69 Å². The van der Waals surface area contributed by atoms with Gasteiger partial charge in [0.15, 0.2) is 0 Å². The van der Waals surface area contributed by atoms with Crippen LogP contribution in [0.3, 0.4) is 0 Å². The summed E-state index contributed by atoms with van der Waals surface area (Å²) in [5, 5.41) is 5.54. The van der Waals surface area contributed by atoms with E-state index in [2.05, 4.69) is 15.6 Å². The first-order valence-electron chi connectivity index (χ1n) is 7.10. The van der Waals surface area contributed by atoms with Gasteiger partial charge in [-0.05, 0) is 38.1 Å². The van der Waals surface area contributed by atoms with Gasteiger partial charge in [-0.2, -0.15) is 0 Å². The lowest BCUT2D eigenvalue weighted by Gasteiger charge is -2.08. The monoisotopic (exact) mass is 297 g/mol. The highest BCUT2D eigenvalue weighted by molar-refractivity contribution is 5.94. The number of nitrogens with one attached hydrogen (secondary N) is 2. The van der Waals surface area contributed by atoms with Gasteiger partial charge in [0, 0.05) is 30.4 Å². The van der Waals surface area contributed by atoms with E-state index in [0.29, 0.717) is 5.56 Å². The molecule has 0 bridgehead atoms. The molecule has 0 unspecified atom stereocenters. The fraction of sp³-hybridized carbons (Fsp3) is 0.235. The molecule has 0 aliphatic carbocycles. The molecule has 0 spiro atoms. The largest absolute Gasteiger partial charge is 0.350 e. The summed E-state index contributed by atoms with van der Waals surface area (Å²) >= 11 is 0. The normalized spacial score (nSPS) is 10.4. The lowest BCUT2D eigenvalue weighted by molar-refractivity contribution is -0.114. The van der Waals surface area contributed by atoms with Crippen molar-refractivity contribution in [1.29, 1.82) is 0 Å². The highest BCUT2D eigenvalue weighted by Crippen LogP contribution is 2.19. The van der Waals surface area contributed by atoms with Crippen LogP contribution in [0.2, 0.25) is 0 Å². The molecule has 2 aromatic rings. The highest BCUT2D eigenvalue weighted by Gasteiger charge is 2.08. The zero-order valence-electron chi connectivity index (χ0n) is 12.9. The van der Waals surface area contributed by atoms with Crippen molar-refractivity contribution in [1.82, 2.24) is 10.3 Å². The van der Waals surface area contributed by atoms with E-state index in [1.165, 1.54) is 6.92 Å². The van der Waals surface area contributed by atoms with E-state index in [4.69, 9.17) is 0 Å². The van der Waals surface area contributed by atoms with E-state index in [0.717, 1.165) is 16.9 Å². The minimum Gasteiger partial charge on any atom is -0.350 e. The molecule has 0 aliphatic rings. The van der Waals surface area contributed by atoms with E-state index in [9.17, 15) is 9.59 Å². The molecule has 114 valence electrons. The summed E-state index contributed by atoms with van der Waals surface area (Å²) in [6.07, 6.45) is 1.56. The fourth-order valence-electron chi connectivity index (χ4n) is 1.97. The molecule has 1 aromatic heterocycles. The SMILES string of the molecule is CC(=O)Nc1ccc(-c2ccc(C(=O)NC(C)C)cn2)cc1. The quantitative estimate of drug-likeness (QED) is 0.911. The molecule has 0 fully saturated rings. The summed E-state index contributed by atoms with van der Waals surface area (Å²) in [4.78, 5) is 27.2. The minimum atomic E-state index is -0.130. The average Bonchev–Trinajstić information content (AvgIpc) is 2.47. The summed E-state index contributed by atoms with van der Waals surface area (Å²) in [7, 11) is 0. The third-order valence-electron chi connectivity index (χ3n) is 2.95. The van der Waals surface area contributed by atoms with Crippen molar-refractivity contribution >= 4 is 17.5 Å². The Morgan fingerprint density at radius 1 is 1.05 bits per heavy atom. The van der Waals surface area contributed by atoms with E-state index in [1.807, 2.05) is 44.2 Å². The number of aromatic nitrogens is 1. The van der Waals surface area contributed by atoms with Crippen molar-refractivity contribution < 1.29 is 9.59 Å². The molecule has 0 saturated carbocycles. The lowest BCUT2D eigenvalue weighted by atomic mass is 10.1. The van der Waals surface area contributed by atoms with Crippen molar-refractivity contribution in [3.8, 4) is 11.3 Å². The van der Waals surface area contributed by atoms with Crippen molar-refractivity contribution in [2.75, 3.05) is 5.32 Å². The van der Waals surface area contributed by atoms with Gasteiger partial charge in [-0.3, -0.25) is 14.6 Å². The molecule has 2 N–H and O–H groups in total. The van der Waals surface area contributed by atoms with Gasteiger partial charge in [-0.15, -0.1) is 0 Å². The zero-order chi connectivity index (χ0) is 16.1. The Morgan fingerprint density at radius 3 is 2.23 bits per heavy atom. The number of carbonyl (C=O) groups excluding carboxylic acids is 2. The molecule has 5 nitrogen and oxygen atoms in total. The van der Waals surface area contributed by atoms with Gasteiger partial charge in [-0.1, -0.05) is 12.1 Å². The molecule has 0 radical (unpaired) electrons. The van der Waals surface area contributed by atoms with Crippen LogP contribution in [0.15, 0.2) is 42.6 Å². The summed E-state index contributed by atoms with van der Waals surface area (Å²) < 4.78 is 0. The minimum absolute atomic E-state index is 0.0912. The number of benzene rings is 1. The Morgan fingerprint density at radius 2 is 1.73 bits per heavy atom. The van der Waals surface area contributed by atoms with Gasteiger partial charge in [0.25, 0.3) is 5.91 Å². The second-order valence-electron chi connectivity index (χ2n) is 5.32. The number of pyridine rings is 1. The summed E-state index contributed by atoms with van der Waals surface area (Å²) in [5.74, 6) is -0.235. The summed E-state index contributed by atoms with van der Waals surface area (Å²) in [5.41, 5.74) is 2.97. The first-order valence-corrected chi connectivity index (χ1v) is 7.10. The van der Waals surface area contributed by atoms with Crippen LogP contribution in [0.5, 0.6) is 0 Å². The second-order valence-corrected chi connectivity index (χ2v) is 5.32. The Labute approximate surface area is 129 Å². The Kier molecular flexibility index (Phi) is 4.88. The number of carbonyl (C=O) groups is 2. The maximum Gasteiger partial charge on any atom is 0.253 e. The first kappa shape index (κ1) is 15.7. The van der Waals surface area contributed by atoms with Crippen molar-refractivity contribution in [3.63, 3.8) is 0 Å². The summed E-state index contributed by atoms with van der Waals surface area (Å²) in [6.45, 7) is 5.29. The summed E-state index contributed by atoms with van der Waals surface area (Å²) in [6, 6.07) is 11.0. The molecular weight excluding hydrogens is 278 g/mol. The molecule has 0 atom stereocenters.